The molecule has 0 saturated heterocycles. The standard InChI is InChI=1S/C48H28N2O/c1-2-11-31(12-3-1)49-41-18-8-6-15-35(41)38-25-29(21-23-43(38)49)30-22-24-44-39(26-30)36-16-7-9-19-42(36)50(44)32-27-40-34-14-5-4-13-33(34)37-17-10-20-45-47(37)48(40)46(28-32)51-45/h1-28H. The molecule has 0 fully saturated rings. The molecule has 12 rings (SSSR count). The zero-order valence-electron chi connectivity index (χ0n) is 27.5. The van der Waals surface area contributed by atoms with Gasteiger partial charge in [0.05, 0.1) is 27.8 Å². The van der Waals surface area contributed by atoms with Crippen molar-refractivity contribution < 1.29 is 4.42 Å². The van der Waals surface area contributed by atoms with Crippen LogP contribution in [0.5, 0.6) is 0 Å². The van der Waals surface area contributed by atoms with Crippen LogP contribution in [-0.2, 0) is 0 Å². The van der Waals surface area contributed by atoms with E-state index >= 15 is 0 Å². The van der Waals surface area contributed by atoms with Crippen molar-refractivity contribution in [2.75, 3.05) is 0 Å². The summed E-state index contributed by atoms with van der Waals surface area (Å²) in [6.45, 7) is 0. The smallest absolute Gasteiger partial charge is 0.138 e. The SMILES string of the molecule is c1ccc(-n2c3ccccc3c3cc(-c4ccc5c(c4)c4ccccc4n5-c4cc5oc6cccc7c8ccccc8c(c4)c5c67)ccc32)cc1. The maximum atomic E-state index is 6.61. The summed E-state index contributed by atoms with van der Waals surface area (Å²) in [5, 5.41) is 12.4. The first-order valence-corrected chi connectivity index (χ1v) is 17.5. The molecule has 9 aromatic carbocycles. The van der Waals surface area contributed by atoms with Crippen LogP contribution in [0.15, 0.2) is 174 Å². The molecule has 3 nitrogen and oxygen atoms in total. The minimum absolute atomic E-state index is 0.921. The lowest BCUT2D eigenvalue weighted by Gasteiger charge is -2.12. The van der Waals surface area contributed by atoms with Gasteiger partial charge in [0.1, 0.15) is 11.2 Å². The lowest BCUT2D eigenvalue weighted by atomic mass is 9.94. The predicted molar refractivity (Wildman–Crippen MR) is 214 cm³/mol. The molecule has 0 amide bonds. The van der Waals surface area contributed by atoms with Crippen LogP contribution in [0, 0.1) is 0 Å². The molecule has 0 N–H and O–H groups in total. The van der Waals surface area contributed by atoms with E-state index in [0.717, 1.165) is 16.9 Å². The van der Waals surface area contributed by atoms with Gasteiger partial charge in [-0.1, -0.05) is 103 Å². The van der Waals surface area contributed by atoms with Crippen molar-refractivity contribution in [1.82, 2.24) is 9.13 Å². The molecule has 3 aromatic heterocycles. The number of fused-ring (bicyclic) bond motifs is 9. The Bertz CT molecular complexity index is 3360. The predicted octanol–water partition coefficient (Wildman–Crippen LogP) is 13.2. The van der Waals surface area contributed by atoms with Gasteiger partial charge in [0.2, 0.25) is 0 Å². The van der Waals surface area contributed by atoms with Crippen LogP contribution >= 0.6 is 0 Å². The van der Waals surface area contributed by atoms with Gasteiger partial charge in [-0.3, -0.25) is 0 Å². The Hall–Kier alpha value is -6.84. The molecule has 0 aliphatic carbocycles. The highest BCUT2D eigenvalue weighted by molar-refractivity contribution is 6.33. The molecule has 0 saturated carbocycles. The molecule has 3 heteroatoms. The molecule has 0 spiro atoms. The minimum Gasteiger partial charge on any atom is -0.456 e. The first kappa shape index (κ1) is 27.0. The summed E-state index contributed by atoms with van der Waals surface area (Å²) >= 11 is 0. The van der Waals surface area contributed by atoms with Crippen LogP contribution in [0.4, 0.5) is 0 Å². The van der Waals surface area contributed by atoms with Gasteiger partial charge in [0, 0.05) is 44.1 Å². The highest BCUT2D eigenvalue weighted by atomic mass is 16.3. The van der Waals surface area contributed by atoms with Crippen molar-refractivity contribution in [3.8, 4) is 22.5 Å². The fourth-order valence-corrected chi connectivity index (χ4v) is 8.89. The van der Waals surface area contributed by atoms with Crippen LogP contribution < -0.4 is 0 Å². The fourth-order valence-electron chi connectivity index (χ4n) is 8.89. The van der Waals surface area contributed by atoms with Crippen LogP contribution in [0.2, 0.25) is 0 Å². The summed E-state index contributed by atoms with van der Waals surface area (Å²) in [5.74, 6) is 0. The lowest BCUT2D eigenvalue weighted by molar-refractivity contribution is 0.669. The molecule has 3 heterocycles. The highest BCUT2D eigenvalue weighted by Gasteiger charge is 2.21. The Morgan fingerprint density at radius 3 is 1.47 bits per heavy atom. The average Bonchev–Trinajstić information content (AvgIpc) is 3.85. The van der Waals surface area contributed by atoms with Gasteiger partial charge in [-0.15, -0.1) is 0 Å². The number of rotatable bonds is 3. The second-order valence-electron chi connectivity index (χ2n) is 13.7. The van der Waals surface area contributed by atoms with Gasteiger partial charge < -0.3 is 13.6 Å². The molecular formula is C48H28N2O. The molecule has 12 aromatic rings. The molecule has 51 heavy (non-hydrogen) atoms. The second-order valence-corrected chi connectivity index (χ2v) is 13.7. The Balaban J connectivity index is 1.09. The Labute approximate surface area is 292 Å². The van der Waals surface area contributed by atoms with E-state index in [1.54, 1.807) is 0 Å². The number of benzene rings is 9. The first-order valence-electron chi connectivity index (χ1n) is 17.5. The fraction of sp³-hybridized carbons (Fsp3) is 0. The number of hydrogen-bond donors (Lipinski definition) is 0. The van der Waals surface area contributed by atoms with E-state index in [1.807, 2.05) is 0 Å². The van der Waals surface area contributed by atoms with Crippen molar-refractivity contribution in [2.45, 2.75) is 0 Å². The molecular weight excluding hydrogens is 621 g/mol. The lowest BCUT2D eigenvalue weighted by Crippen LogP contribution is -1.94. The van der Waals surface area contributed by atoms with Gasteiger partial charge in [-0.2, -0.15) is 0 Å². The van der Waals surface area contributed by atoms with E-state index < -0.39 is 0 Å². The summed E-state index contributed by atoms with van der Waals surface area (Å²) in [4.78, 5) is 0. The van der Waals surface area contributed by atoms with E-state index in [9.17, 15) is 0 Å². The van der Waals surface area contributed by atoms with Crippen LogP contribution in [0.25, 0.3) is 110 Å². The summed E-state index contributed by atoms with van der Waals surface area (Å²) < 4.78 is 11.4. The number of nitrogens with zero attached hydrogens (tertiary/aromatic N) is 2. The quantitative estimate of drug-likeness (QED) is 0.175. The van der Waals surface area contributed by atoms with Crippen LogP contribution in [-0.4, -0.2) is 9.13 Å². The average molecular weight is 649 g/mol. The summed E-state index contributed by atoms with van der Waals surface area (Å²) in [6, 6.07) is 61.8. The largest absolute Gasteiger partial charge is 0.456 e. The summed E-state index contributed by atoms with van der Waals surface area (Å²) in [7, 11) is 0. The molecule has 0 bridgehead atoms. The maximum Gasteiger partial charge on any atom is 0.138 e. The summed E-state index contributed by atoms with van der Waals surface area (Å²) in [5.41, 5.74) is 11.3. The first-order chi connectivity index (χ1) is 25.3. The Morgan fingerprint density at radius 2 is 0.804 bits per heavy atom. The monoisotopic (exact) mass is 648 g/mol. The Kier molecular flexibility index (Phi) is 5.23. The Morgan fingerprint density at radius 1 is 0.294 bits per heavy atom. The van der Waals surface area contributed by atoms with Crippen molar-refractivity contribution in [1.29, 1.82) is 0 Å². The van der Waals surface area contributed by atoms with Crippen LogP contribution in [0.3, 0.4) is 0 Å². The molecule has 236 valence electrons. The van der Waals surface area contributed by atoms with Crippen LogP contribution in [0.1, 0.15) is 0 Å². The third kappa shape index (κ3) is 3.62. The topological polar surface area (TPSA) is 23.0 Å². The molecule has 0 aliphatic heterocycles. The van der Waals surface area contributed by atoms with Crippen molar-refractivity contribution >= 4 is 87.1 Å². The number of para-hydroxylation sites is 3. The third-order valence-corrected chi connectivity index (χ3v) is 11.0. The molecule has 0 radical (unpaired) electrons. The molecule has 0 unspecified atom stereocenters. The zero-order valence-corrected chi connectivity index (χ0v) is 27.5. The number of hydrogen-bond acceptors (Lipinski definition) is 1. The maximum absolute atomic E-state index is 6.61. The number of aromatic nitrogens is 2. The van der Waals surface area contributed by atoms with E-state index in [2.05, 4.69) is 179 Å². The number of furan rings is 1. The zero-order chi connectivity index (χ0) is 33.2. The van der Waals surface area contributed by atoms with E-state index in [-0.39, 0.29) is 0 Å². The second kappa shape index (κ2) is 9.87. The van der Waals surface area contributed by atoms with Gasteiger partial charge in [-0.25, -0.2) is 0 Å². The normalized spacial score (nSPS) is 12.3. The van der Waals surface area contributed by atoms with Gasteiger partial charge >= 0.3 is 0 Å². The van der Waals surface area contributed by atoms with E-state index in [1.165, 1.54) is 92.7 Å². The minimum atomic E-state index is 0.921. The third-order valence-electron chi connectivity index (χ3n) is 11.0. The van der Waals surface area contributed by atoms with Gasteiger partial charge in [0.25, 0.3) is 0 Å². The van der Waals surface area contributed by atoms with Crippen molar-refractivity contribution in [3.63, 3.8) is 0 Å². The summed E-state index contributed by atoms with van der Waals surface area (Å²) in [6.07, 6.45) is 0. The van der Waals surface area contributed by atoms with Gasteiger partial charge in [0.15, 0.2) is 0 Å². The van der Waals surface area contributed by atoms with Crippen molar-refractivity contribution in [3.05, 3.63) is 170 Å². The van der Waals surface area contributed by atoms with E-state index in [0.29, 0.717) is 0 Å². The van der Waals surface area contributed by atoms with Crippen molar-refractivity contribution in [2.24, 2.45) is 0 Å². The highest BCUT2D eigenvalue weighted by Crippen LogP contribution is 2.45. The van der Waals surface area contributed by atoms with E-state index in [4.69, 9.17) is 4.42 Å². The molecule has 0 aliphatic rings. The van der Waals surface area contributed by atoms with Gasteiger partial charge in [-0.05, 0) is 93.3 Å². The molecule has 0 atom stereocenters.